The summed E-state index contributed by atoms with van der Waals surface area (Å²) in [6.45, 7) is 14.5. The number of likely N-dealkylation sites (tertiary alicyclic amines) is 1. The van der Waals surface area contributed by atoms with Crippen LogP contribution in [0.15, 0.2) is 47.1 Å². The molecule has 0 radical (unpaired) electrons. The highest BCUT2D eigenvalue weighted by Gasteiger charge is 2.34. The van der Waals surface area contributed by atoms with Crippen molar-refractivity contribution in [2.24, 2.45) is 17.4 Å². The predicted molar refractivity (Wildman–Crippen MR) is 152 cm³/mol. The SMILES string of the molecule is C/C(Br)=C\C1=C(N)C(C2CCN(C)CC2)c2c(O)cc(O)cc2CC1.C=C.CC=O.CCCCN. The number of hydrogen-bond acceptors (Lipinski definition) is 6. The molecular weight excluding hydrogens is 506 g/mol. The number of aldehydes is 1. The summed E-state index contributed by atoms with van der Waals surface area (Å²) in [6.07, 6.45) is 8.94. The number of benzene rings is 1. The number of fused-ring (bicyclic) bond motifs is 1. The van der Waals surface area contributed by atoms with Crippen molar-refractivity contribution >= 4 is 22.2 Å². The number of allylic oxidation sites excluding steroid dienone is 4. The van der Waals surface area contributed by atoms with Gasteiger partial charge >= 0.3 is 0 Å². The van der Waals surface area contributed by atoms with E-state index < -0.39 is 0 Å². The number of aryl methyl sites for hydroxylation is 1. The number of hydrogen-bond donors (Lipinski definition) is 4. The Balaban J connectivity index is 0.000000995. The molecule has 0 saturated carbocycles. The van der Waals surface area contributed by atoms with Crippen LogP contribution in [0.4, 0.5) is 0 Å². The highest BCUT2D eigenvalue weighted by molar-refractivity contribution is 9.11. The van der Waals surface area contributed by atoms with E-state index in [2.05, 4.69) is 54.0 Å². The van der Waals surface area contributed by atoms with Crippen molar-refractivity contribution in [2.75, 3.05) is 26.7 Å². The average Bonchev–Trinajstić information content (AvgIpc) is 2.94. The normalized spacial score (nSPS) is 18.5. The van der Waals surface area contributed by atoms with Crippen molar-refractivity contribution in [2.45, 2.75) is 65.2 Å². The van der Waals surface area contributed by atoms with Gasteiger partial charge in [0.25, 0.3) is 0 Å². The molecule has 1 aromatic rings. The van der Waals surface area contributed by atoms with Crippen LogP contribution in [0.25, 0.3) is 0 Å². The van der Waals surface area contributed by atoms with Crippen LogP contribution in [-0.2, 0) is 11.2 Å². The maximum absolute atomic E-state index is 10.6. The molecule has 1 atom stereocenters. The Hall–Kier alpha value is -2.09. The number of phenols is 2. The Morgan fingerprint density at radius 1 is 1.23 bits per heavy atom. The molecule has 1 aliphatic carbocycles. The summed E-state index contributed by atoms with van der Waals surface area (Å²) in [4.78, 5) is 11.1. The molecule has 0 amide bonds. The van der Waals surface area contributed by atoms with Gasteiger partial charge in [0, 0.05) is 23.2 Å². The number of piperidine rings is 1. The summed E-state index contributed by atoms with van der Waals surface area (Å²) in [7, 11) is 2.15. The van der Waals surface area contributed by atoms with Gasteiger partial charge in [-0.25, -0.2) is 0 Å². The first-order valence-corrected chi connectivity index (χ1v) is 13.1. The third-order valence-corrected chi connectivity index (χ3v) is 6.30. The maximum atomic E-state index is 10.6. The second kappa shape index (κ2) is 18.2. The van der Waals surface area contributed by atoms with Crippen molar-refractivity contribution < 1.29 is 15.0 Å². The summed E-state index contributed by atoms with van der Waals surface area (Å²) in [5.74, 6) is 0.697. The standard InChI is InChI=1S/C20H27BrN2O2.C4H11N.C2H4O.C2H4/c1-12(21)9-15-4-3-14-10-16(24)11-17(25)18(14)19(20(15)22)13-5-7-23(2)8-6-13;1-2-3-4-5;1-2-3;1-2/h9-11,13,19,24-25H,3-8,22H2,1-2H3;2-5H2,1H3;2H,1H3;1-2H2/b12-9+;;;. The molecular formula is C28H46BrN3O3. The van der Waals surface area contributed by atoms with Crippen molar-refractivity contribution in [3.8, 4) is 11.5 Å². The molecule has 1 fully saturated rings. The number of rotatable bonds is 4. The molecule has 1 aliphatic heterocycles. The number of carbonyl (C=O) groups excluding carboxylic acids is 1. The third kappa shape index (κ3) is 11.0. The van der Waals surface area contributed by atoms with Crippen LogP contribution in [0.2, 0.25) is 0 Å². The Bertz CT molecular complexity index is 825. The van der Waals surface area contributed by atoms with Crippen molar-refractivity contribution in [1.29, 1.82) is 0 Å². The van der Waals surface area contributed by atoms with E-state index in [-0.39, 0.29) is 17.4 Å². The Labute approximate surface area is 220 Å². The minimum Gasteiger partial charge on any atom is -0.508 e. The second-order valence-electron chi connectivity index (χ2n) is 8.75. The first kappa shape index (κ1) is 32.9. The molecule has 1 unspecified atom stereocenters. The van der Waals surface area contributed by atoms with Crippen LogP contribution >= 0.6 is 15.9 Å². The molecule has 6 N–H and O–H groups in total. The van der Waals surface area contributed by atoms with E-state index in [0.717, 1.165) is 78.5 Å². The topological polar surface area (TPSA) is 113 Å². The number of nitrogens with two attached hydrogens (primary N) is 2. The Morgan fingerprint density at radius 3 is 2.26 bits per heavy atom. The first-order valence-electron chi connectivity index (χ1n) is 12.3. The molecule has 7 heteroatoms. The number of halogens is 1. The Kier molecular flexibility index (Phi) is 17.1. The van der Waals surface area contributed by atoms with Crippen molar-refractivity contribution in [3.63, 3.8) is 0 Å². The first-order chi connectivity index (χ1) is 16.7. The zero-order chi connectivity index (χ0) is 27.0. The van der Waals surface area contributed by atoms with Gasteiger partial charge in [-0.3, -0.25) is 0 Å². The van der Waals surface area contributed by atoms with E-state index in [1.807, 2.05) is 6.92 Å². The zero-order valence-corrected chi connectivity index (χ0v) is 23.6. The van der Waals surface area contributed by atoms with Gasteiger partial charge < -0.3 is 31.4 Å². The second-order valence-corrected chi connectivity index (χ2v) is 10.00. The predicted octanol–water partition coefficient (Wildman–Crippen LogP) is 5.73. The van der Waals surface area contributed by atoms with Gasteiger partial charge in [-0.1, -0.05) is 29.3 Å². The van der Waals surface area contributed by atoms with Crippen molar-refractivity contribution in [1.82, 2.24) is 4.90 Å². The van der Waals surface area contributed by atoms with Crippen molar-refractivity contribution in [3.05, 3.63) is 58.2 Å². The summed E-state index contributed by atoms with van der Waals surface area (Å²) < 4.78 is 1.05. The van der Waals surface area contributed by atoms with Crippen LogP contribution in [-0.4, -0.2) is 48.1 Å². The van der Waals surface area contributed by atoms with E-state index in [1.54, 1.807) is 6.07 Å². The number of nitrogens with zero attached hydrogens (tertiary/aromatic N) is 1. The quantitative estimate of drug-likeness (QED) is 0.280. The largest absolute Gasteiger partial charge is 0.508 e. The van der Waals surface area contributed by atoms with E-state index in [0.29, 0.717) is 5.92 Å². The van der Waals surface area contributed by atoms with Crippen LogP contribution in [0.5, 0.6) is 11.5 Å². The van der Waals surface area contributed by atoms with E-state index in [1.165, 1.54) is 25.8 Å². The highest BCUT2D eigenvalue weighted by atomic mass is 79.9. The highest BCUT2D eigenvalue weighted by Crippen LogP contribution is 2.46. The average molecular weight is 553 g/mol. The van der Waals surface area contributed by atoms with Gasteiger partial charge in [-0.15, -0.1) is 13.2 Å². The fourth-order valence-electron chi connectivity index (χ4n) is 4.47. The van der Waals surface area contributed by atoms with Gasteiger partial charge in [0.15, 0.2) is 0 Å². The minimum absolute atomic E-state index is 0.00454. The van der Waals surface area contributed by atoms with E-state index in [4.69, 9.17) is 16.3 Å². The molecule has 198 valence electrons. The van der Waals surface area contributed by atoms with Crippen LogP contribution in [0, 0.1) is 5.92 Å². The summed E-state index contributed by atoms with van der Waals surface area (Å²) >= 11 is 3.52. The monoisotopic (exact) mass is 551 g/mol. The molecule has 0 aromatic heterocycles. The molecule has 0 spiro atoms. The van der Waals surface area contributed by atoms with Crippen LogP contribution in [0.1, 0.15) is 69.9 Å². The van der Waals surface area contributed by atoms with Crippen LogP contribution < -0.4 is 11.5 Å². The lowest BCUT2D eigenvalue weighted by molar-refractivity contribution is -0.106. The molecule has 1 heterocycles. The lowest BCUT2D eigenvalue weighted by atomic mass is 9.76. The Morgan fingerprint density at radius 2 is 1.80 bits per heavy atom. The zero-order valence-electron chi connectivity index (χ0n) is 22.0. The van der Waals surface area contributed by atoms with Gasteiger partial charge in [-0.05, 0) is 106 Å². The smallest absolute Gasteiger partial charge is 0.123 e. The molecule has 35 heavy (non-hydrogen) atoms. The van der Waals surface area contributed by atoms with Gasteiger partial charge in [0.2, 0.25) is 0 Å². The van der Waals surface area contributed by atoms with E-state index >= 15 is 0 Å². The summed E-state index contributed by atoms with van der Waals surface area (Å²) in [5.41, 5.74) is 15.8. The molecule has 1 aromatic carbocycles. The lowest BCUT2D eigenvalue weighted by Gasteiger charge is -2.35. The van der Waals surface area contributed by atoms with Crippen LogP contribution in [0.3, 0.4) is 0 Å². The summed E-state index contributed by atoms with van der Waals surface area (Å²) in [5, 5.41) is 20.6. The molecule has 6 nitrogen and oxygen atoms in total. The molecule has 2 aliphatic rings. The van der Waals surface area contributed by atoms with Gasteiger partial charge in [0.1, 0.15) is 17.8 Å². The maximum Gasteiger partial charge on any atom is 0.123 e. The number of phenolic OH excluding ortho intramolecular Hbond substituents is 2. The number of aromatic hydroxyl groups is 2. The molecule has 1 saturated heterocycles. The van der Waals surface area contributed by atoms with E-state index in [9.17, 15) is 10.2 Å². The molecule has 0 bridgehead atoms. The van der Waals surface area contributed by atoms with Gasteiger partial charge in [-0.2, -0.15) is 0 Å². The number of carbonyl (C=O) groups is 1. The summed E-state index contributed by atoms with van der Waals surface area (Å²) in [6, 6.07) is 3.24. The number of unbranched alkanes of at least 4 members (excludes halogenated alkanes) is 1. The third-order valence-electron chi connectivity index (χ3n) is 6.07. The fourth-order valence-corrected chi connectivity index (χ4v) is 4.74. The fraction of sp³-hybridized carbons (Fsp3) is 0.536. The van der Waals surface area contributed by atoms with Gasteiger partial charge in [0.05, 0.1) is 0 Å². The minimum atomic E-state index is 0.00454. The molecule has 3 rings (SSSR count). The lowest BCUT2D eigenvalue weighted by Crippen LogP contribution is -2.34.